The van der Waals surface area contributed by atoms with Crippen molar-refractivity contribution in [1.82, 2.24) is 4.90 Å². The van der Waals surface area contributed by atoms with E-state index in [-0.39, 0.29) is 17.2 Å². The summed E-state index contributed by atoms with van der Waals surface area (Å²) in [5, 5.41) is 0. The Hall–Kier alpha value is -2.56. The number of aryl methyl sites for hydroxylation is 2. The van der Waals surface area contributed by atoms with E-state index in [2.05, 4.69) is 0 Å². The Labute approximate surface area is 147 Å². The number of nitrogens with zero attached hydrogens (tertiary/aromatic N) is 2. The monoisotopic (exact) mass is 338 g/mol. The highest BCUT2D eigenvalue weighted by Crippen LogP contribution is 2.42. The van der Waals surface area contributed by atoms with E-state index in [9.17, 15) is 9.59 Å². The highest BCUT2D eigenvalue weighted by molar-refractivity contribution is 5.98. The van der Waals surface area contributed by atoms with E-state index in [4.69, 9.17) is 4.42 Å². The van der Waals surface area contributed by atoms with Crippen LogP contribution >= 0.6 is 0 Å². The standard InChI is InChI=1S/C20H22N2O3/c1-14-5-3-4-6-17(14)22-13-20(11-18(22)23)8-9-21(12-20)19(24)16-7-10-25-15(16)2/h3-7,10H,8-9,11-13H2,1-2H3/t20-/m0/s1. The molecule has 1 aromatic heterocycles. The molecule has 2 aromatic rings. The van der Waals surface area contributed by atoms with Gasteiger partial charge in [0.1, 0.15) is 5.76 Å². The average Bonchev–Trinajstić information content (AvgIpc) is 3.27. The van der Waals surface area contributed by atoms with Gasteiger partial charge in [-0.25, -0.2) is 0 Å². The number of amides is 2. The predicted molar refractivity (Wildman–Crippen MR) is 94.5 cm³/mol. The molecule has 0 N–H and O–H groups in total. The molecule has 1 spiro atoms. The van der Waals surface area contributed by atoms with Gasteiger partial charge in [-0.15, -0.1) is 0 Å². The summed E-state index contributed by atoms with van der Waals surface area (Å²) in [6.07, 6.45) is 2.92. The van der Waals surface area contributed by atoms with Crippen molar-refractivity contribution in [2.24, 2.45) is 5.41 Å². The Bertz CT molecular complexity index is 841. The van der Waals surface area contributed by atoms with Crippen molar-refractivity contribution >= 4 is 17.5 Å². The van der Waals surface area contributed by atoms with Gasteiger partial charge in [0.2, 0.25) is 5.91 Å². The third-order valence-electron chi connectivity index (χ3n) is 5.54. The molecule has 2 saturated heterocycles. The molecule has 0 saturated carbocycles. The zero-order chi connectivity index (χ0) is 17.6. The molecule has 1 aromatic carbocycles. The third kappa shape index (κ3) is 2.64. The Morgan fingerprint density at radius 3 is 2.68 bits per heavy atom. The van der Waals surface area contributed by atoms with E-state index in [1.54, 1.807) is 19.3 Å². The smallest absolute Gasteiger partial charge is 0.257 e. The molecule has 2 fully saturated rings. The Morgan fingerprint density at radius 1 is 1.16 bits per heavy atom. The van der Waals surface area contributed by atoms with Crippen LogP contribution in [-0.4, -0.2) is 36.3 Å². The molecule has 5 nitrogen and oxygen atoms in total. The van der Waals surface area contributed by atoms with Crippen molar-refractivity contribution in [3.63, 3.8) is 0 Å². The van der Waals surface area contributed by atoms with Gasteiger partial charge in [0.15, 0.2) is 0 Å². The zero-order valence-electron chi connectivity index (χ0n) is 14.6. The molecule has 1 atom stereocenters. The van der Waals surface area contributed by atoms with Gasteiger partial charge in [-0.05, 0) is 38.0 Å². The molecule has 2 aliphatic heterocycles. The number of hydrogen-bond acceptors (Lipinski definition) is 3. The summed E-state index contributed by atoms with van der Waals surface area (Å²) < 4.78 is 5.26. The Balaban J connectivity index is 1.53. The van der Waals surface area contributed by atoms with Crippen LogP contribution in [0.1, 0.15) is 34.5 Å². The van der Waals surface area contributed by atoms with Gasteiger partial charge < -0.3 is 14.2 Å². The summed E-state index contributed by atoms with van der Waals surface area (Å²) in [7, 11) is 0. The van der Waals surface area contributed by atoms with E-state index in [0.29, 0.717) is 37.4 Å². The van der Waals surface area contributed by atoms with E-state index in [1.807, 2.05) is 41.0 Å². The number of hydrogen-bond donors (Lipinski definition) is 0. The summed E-state index contributed by atoms with van der Waals surface area (Å²) in [4.78, 5) is 29.1. The van der Waals surface area contributed by atoms with Gasteiger partial charge in [0.25, 0.3) is 5.91 Å². The fraction of sp³-hybridized carbons (Fsp3) is 0.400. The van der Waals surface area contributed by atoms with Crippen LogP contribution in [0, 0.1) is 19.3 Å². The van der Waals surface area contributed by atoms with E-state index >= 15 is 0 Å². The van der Waals surface area contributed by atoms with Crippen LogP contribution in [-0.2, 0) is 4.79 Å². The van der Waals surface area contributed by atoms with Gasteiger partial charge in [0.05, 0.1) is 11.8 Å². The van der Waals surface area contributed by atoms with E-state index in [1.165, 1.54) is 0 Å². The number of carbonyl (C=O) groups is 2. The first-order valence-corrected chi connectivity index (χ1v) is 8.68. The van der Waals surface area contributed by atoms with Crippen LogP contribution in [0.15, 0.2) is 41.0 Å². The molecule has 0 aliphatic carbocycles. The summed E-state index contributed by atoms with van der Waals surface area (Å²) in [5.74, 6) is 0.808. The van der Waals surface area contributed by atoms with Crippen molar-refractivity contribution < 1.29 is 14.0 Å². The second-order valence-electron chi connectivity index (χ2n) is 7.31. The first-order valence-electron chi connectivity index (χ1n) is 8.68. The lowest BCUT2D eigenvalue weighted by Crippen LogP contribution is -2.34. The molecular formula is C20H22N2O3. The van der Waals surface area contributed by atoms with Crippen molar-refractivity contribution in [3.05, 3.63) is 53.5 Å². The number of furan rings is 1. The zero-order valence-corrected chi connectivity index (χ0v) is 14.6. The maximum atomic E-state index is 12.7. The Kier molecular flexibility index (Phi) is 3.67. The van der Waals surface area contributed by atoms with Gasteiger partial charge in [0, 0.05) is 37.2 Å². The maximum absolute atomic E-state index is 12.7. The fourth-order valence-electron chi connectivity index (χ4n) is 4.14. The van der Waals surface area contributed by atoms with Crippen molar-refractivity contribution in [2.45, 2.75) is 26.7 Å². The largest absolute Gasteiger partial charge is 0.469 e. The second-order valence-corrected chi connectivity index (χ2v) is 7.31. The van der Waals surface area contributed by atoms with Crippen LogP contribution in [0.25, 0.3) is 0 Å². The fourth-order valence-corrected chi connectivity index (χ4v) is 4.14. The van der Waals surface area contributed by atoms with Crippen molar-refractivity contribution in [3.8, 4) is 0 Å². The third-order valence-corrected chi connectivity index (χ3v) is 5.54. The summed E-state index contributed by atoms with van der Waals surface area (Å²) >= 11 is 0. The molecule has 4 rings (SSSR count). The lowest BCUT2D eigenvalue weighted by atomic mass is 9.86. The lowest BCUT2D eigenvalue weighted by Gasteiger charge is -2.25. The number of benzene rings is 1. The number of carbonyl (C=O) groups excluding carboxylic acids is 2. The highest BCUT2D eigenvalue weighted by Gasteiger charge is 2.49. The molecule has 0 unspecified atom stereocenters. The van der Waals surface area contributed by atoms with E-state index < -0.39 is 0 Å². The average molecular weight is 338 g/mol. The van der Waals surface area contributed by atoms with Crippen LogP contribution < -0.4 is 4.90 Å². The van der Waals surface area contributed by atoms with Gasteiger partial charge in [-0.3, -0.25) is 9.59 Å². The summed E-state index contributed by atoms with van der Waals surface area (Å²) in [5.41, 5.74) is 2.58. The SMILES string of the molecule is Cc1ccccc1N1C[C@@]2(CCN(C(=O)c3ccoc3C)C2)CC1=O. The minimum Gasteiger partial charge on any atom is -0.469 e. The molecule has 5 heteroatoms. The topological polar surface area (TPSA) is 53.8 Å². The Morgan fingerprint density at radius 2 is 1.96 bits per heavy atom. The second kappa shape index (κ2) is 5.76. The van der Waals surface area contributed by atoms with Crippen LogP contribution in [0.2, 0.25) is 0 Å². The van der Waals surface area contributed by atoms with Crippen molar-refractivity contribution in [2.75, 3.05) is 24.5 Å². The maximum Gasteiger partial charge on any atom is 0.257 e. The molecule has 130 valence electrons. The molecule has 25 heavy (non-hydrogen) atoms. The quantitative estimate of drug-likeness (QED) is 0.845. The minimum atomic E-state index is -0.132. The molecule has 2 aliphatic rings. The van der Waals surface area contributed by atoms with Gasteiger partial charge in [-0.1, -0.05) is 18.2 Å². The number of para-hydroxylation sites is 1. The van der Waals surface area contributed by atoms with Crippen molar-refractivity contribution in [1.29, 1.82) is 0 Å². The highest BCUT2D eigenvalue weighted by atomic mass is 16.3. The van der Waals surface area contributed by atoms with E-state index in [0.717, 1.165) is 17.7 Å². The summed E-state index contributed by atoms with van der Waals surface area (Å²) in [6, 6.07) is 9.70. The normalized spacial score (nSPS) is 23.0. The predicted octanol–water partition coefficient (Wildman–Crippen LogP) is 3.17. The molecular weight excluding hydrogens is 316 g/mol. The van der Waals surface area contributed by atoms with Crippen LogP contribution in [0.5, 0.6) is 0 Å². The first kappa shape index (κ1) is 15.9. The molecule has 0 radical (unpaired) electrons. The number of rotatable bonds is 2. The lowest BCUT2D eigenvalue weighted by molar-refractivity contribution is -0.117. The molecule has 3 heterocycles. The first-order chi connectivity index (χ1) is 12.0. The molecule has 2 amide bonds. The number of anilines is 1. The van der Waals surface area contributed by atoms with Crippen LogP contribution in [0.4, 0.5) is 5.69 Å². The molecule has 0 bridgehead atoms. The number of likely N-dealkylation sites (tertiary alicyclic amines) is 1. The summed E-state index contributed by atoms with van der Waals surface area (Å²) in [6.45, 7) is 5.84. The van der Waals surface area contributed by atoms with Crippen LogP contribution in [0.3, 0.4) is 0 Å². The van der Waals surface area contributed by atoms with Gasteiger partial charge in [-0.2, -0.15) is 0 Å². The minimum absolute atomic E-state index is 0.00455. The van der Waals surface area contributed by atoms with Gasteiger partial charge >= 0.3 is 0 Å².